The van der Waals surface area contributed by atoms with Crippen molar-refractivity contribution in [3.8, 4) is 28.2 Å². The molecule has 0 amide bonds. The number of para-hydroxylation sites is 1. The molecule has 0 aliphatic carbocycles. The van der Waals surface area contributed by atoms with Crippen molar-refractivity contribution < 1.29 is 0 Å². The molecule has 3 heteroatoms. The molecule has 0 aliphatic heterocycles. The third kappa shape index (κ3) is 3.37. The van der Waals surface area contributed by atoms with Crippen LogP contribution in [0.5, 0.6) is 0 Å². The molecule has 0 N–H and O–H groups in total. The van der Waals surface area contributed by atoms with E-state index >= 15 is 0 Å². The molecule has 0 bridgehead atoms. The minimum atomic E-state index is 0.977. The van der Waals surface area contributed by atoms with Gasteiger partial charge in [-0.15, -0.1) is 0 Å². The number of aryl methyl sites for hydroxylation is 1. The highest BCUT2D eigenvalue weighted by Gasteiger charge is 2.14. The summed E-state index contributed by atoms with van der Waals surface area (Å²) in [7, 11) is 0. The average molecular weight is 462 g/mol. The summed E-state index contributed by atoms with van der Waals surface area (Å²) >= 11 is 0. The van der Waals surface area contributed by atoms with E-state index in [0.717, 1.165) is 39.1 Å². The first-order valence-electron chi connectivity index (χ1n) is 12.2. The monoisotopic (exact) mass is 461 g/mol. The Balaban J connectivity index is 1.46. The molecule has 0 aliphatic rings. The molecule has 0 saturated heterocycles. The van der Waals surface area contributed by atoms with Crippen molar-refractivity contribution >= 4 is 32.6 Å². The molecule has 0 atom stereocenters. The summed E-state index contributed by atoms with van der Waals surface area (Å²) in [6, 6.07) is 38.6. The van der Waals surface area contributed by atoms with Crippen molar-refractivity contribution in [1.29, 1.82) is 0 Å². The Morgan fingerprint density at radius 1 is 0.556 bits per heavy atom. The van der Waals surface area contributed by atoms with Crippen molar-refractivity contribution in [3.63, 3.8) is 0 Å². The lowest BCUT2D eigenvalue weighted by atomic mass is 10.1. The highest BCUT2D eigenvalue weighted by molar-refractivity contribution is 6.10. The minimum Gasteiger partial charge on any atom is -0.309 e. The molecular weight excluding hydrogens is 438 g/mol. The molecule has 7 aromatic rings. The molecule has 0 fully saturated rings. The second kappa shape index (κ2) is 8.17. The molecule has 0 radical (unpaired) electrons. The summed E-state index contributed by atoms with van der Waals surface area (Å²) in [5, 5.41) is 4.82. The Labute approximate surface area is 209 Å². The fourth-order valence-corrected chi connectivity index (χ4v) is 5.15. The summed E-state index contributed by atoms with van der Waals surface area (Å²) in [4.78, 5) is 9.40. The molecule has 4 aromatic carbocycles. The van der Waals surface area contributed by atoms with Crippen molar-refractivity contribution in [2.75, 3.05) is 0 Å². The van der Waals surface area contributed by atoms with Crippen LogP contribution in [-0.2, 0) is 0 Å². The molecule has 0 spiro atoms. The Bertz CT molecular complexity index is 1910. The second-order valence-electron chi connectivity index (χ2n) is 9.27. The SMILES string of the molecule is Cc1ccnc(-c2cccc(-n3c4ccccc4c4ccc(-c5cc6ccccc6cn5)cc43)c2)c1. The maximum Gasteiger partial charge on any atom is 0.0709 e. The van der Waals surface area contributed by atoms with Crippen molar-refractivity contribution in [3.05, 3.63) is 127 Å². The first kappa shape index (κ1) is 20.6. The number of hydrogen-bond donors (Lipinski definition) is 0. The van der Waals surface area contributed by atoms with Crippen molar-refractivity contribution in [1.82, 2.24) is 14.5 Å². The Hall–Kier alpha value is -4.76. The van der Waals surface area contributed by atoms with Crippen LogP contribution >= 0.6 is 0 Å². The number of pyridine rings is 2. The van der Waals surface area contributed by atoms with E-state index in [4.69, 9.17) is 4.98 Å². The zero-order chi connectivity index (χ0) is 24.1. The summed E-state index contributed by atoms with van der Waals surface area (Å²) < 4.78 is 2.36. The lowest BCUT2D eigenvalue weighted by Gasteiger charge is -2.11. The lowest BCUT2D eigenvalue weighted by molar-refractivity contribution is 1.18. The van der Waals surface area contributed by atoms with Gasteiger partial charge in [0, 0.05) is 45.4 Å². The van der Waals surface area contributed by atoms with Gasteiger partial charge in [-0.1, -0.05) is 66.7 Å². The summed E-state index contributed by atoms with van der Waals surface area (Å²) in [5.41, 5.74) is 8.84. The van der Waals surface area contributed by atoms with Gasteiger partial charge in [0.1, 0.15) is 0 Å². The molecule has 0 saturated carbocycles. The molecule has 3 heterocycles. The zero-order valence-corrected chi connectivity index (χ0v) is 19.9. The number of nitrogens with zero attached hydrogens (tertiary/aromatic N) is 3. The van der Waals surface area contributed by atoms with E-state index in [2.05, 4.69) is 120 Å². The first-order valence-corrected chi connectivity index (χ1v) is 12.2. The third-order valence-electron chi connectivity index (χ3n) is 6.92. The molecule has 36 heavy (non-hydrogen) atoms. The number of hydrogen-bond acceptors (Lipinski definition) is 2. The van der Waals surface area contributed by atoms with Gasteiger partial charge in [0.15, 0.2) is 0 Å². The number of benzene rings is 4. The van der Waals surface area contributed by atoms with Crippen LogP contribution in [0.15, 0.2) is 122 Å². The molecule has 3 nitrogen and oxygen atoms in total. The average Bonchev–Trinajstić information content (AvgIpc) is 3.26. The lowest BCUT2D eigenvalue weighted by Crippen LogP contribution is -1.95. The number of fused-ring (bicyclic) bond motifs is 4. The van der Waals surface area contributed by atoms with Crippen LogP contribution in [0.1, 0.15) is 5.56 Å². The summed E-state index contributed by atoms with van der Waals surface area (Å²) in [6.07, 6.45) is 3.84. The normalized spacial score (nSPS) is 11.5. The zero-order valence-electron chi connectivity index (χ0n) is 19.9. The molecule has 3 aromatic heterocycles. The van der Waals surface area contributed by atoms with Crippen molar-refractivity contribution in [2.24, 2.45) is 0 Å². The second-order valence-corrected chi connectivity index (χ2v) is 9.27. The highest BCUT2D eigenvalue weighted by Crippen LogP contribution is 2.35. The van der Waals surface area contributed by atoms with E-state index in [1.165, 1.54) is 27.2 Å². The maximum absolute atomic E-state index is 4.78. The van der Waals surface area contributed by atoms with Gasteiger partial charge < -0.3 is 4.57 Å². The van der Waals surface area contributed by atoms with Crippen LogP contribution in [0.25, 0.3) is 60.8 Å². The number of aromatic nitrogens is 3. The fourth-order valence-electron chi connectivity index (χ4n) is 5.15. The van der Waals surface area contributed by atoms with Crippen LogP contribution in [0.4, 0.5) is 0 Å². The summed E-state index contributed by atoms with van der Waals surface area (Å²) in [5.74, 6) is 0. The predicted molar refractivity (Wildman–Crippen MR) is 149 cm³/mol. The van der Waals surface area contributed by atoms with E-state index in [1.54, 1.807) is 0 Å². The predicted octanol–water partition coefficient (Wildman–Crippen LogP) is 8.37. The largest absolute Gasteiger partial charge is 0.309 e. The Morgan fingerprint density at radius 2 is 1.33 bits per heavy atom. The van der Waals surface area contributed by atoms with E-state index in [1.807, 2.05) is 18.5 Å². The highest BCUT2D eigenvalue weighted by atomic mass is 15.0. The van der Waals surface area contributed by atoms with Crippen LogP contribution in [0.3, 0.4) is 0 Å². The van der Waals surface area contributed by atoms with Gasteiger partial charge in [-0.3, -0.25) is 9.97 Å². The topological polar surface area (TPSA) is 30.7 Å². The maximum atomic E-state index is 4.78. The van der Waals surface area contributed by atoms with E-state index < -0.39 is 0 Å². The third-order valence-corrected chi connectivity index (χ3v) is 6.92. The van der Waals surface area contributed by atoms with E-state index in [0.29, 0.717) is 0 Å². The fraction of sp³-hybridized carbons (Fsp3) is 0.0303. The molecule has 0 unspecified atom stereocenters. The Morgan fingerprint density at radius 3 is 2.25 bits per heavy atom. The van der Waals surface area contributed by atoms with Gasteiger partial charge in [0.2, 0.25) is 0 Å². The molecule has 170 valence electrons. The quantitative estimate of drug-likeness (QED) is 0.265. The minimum absolute atomic E-state index is 0.977. The van der Waals surface area contributed by atoms with Gasteiger partial charge in [-0.25, -0.2) is 0 Å². The molecule has 7 rings (SSSR count). The Kier molecular flexibility index (Phi) is 4.68. The van der Waals surface area contributed by atoms with E-state index in [-0.39, 0.29) is 0 Å². The van der Waals surface area contributed by atoms with Crippen LogP contribution < -0.4 is 0 Å². The molecular formula is C33H23N3. The first-order chi connectivity index (χ1) is 17.7. The van der Waals surface area contributed by atoms with Gasteiger partial charge in [0.25, 0.3) is 0 Å². The van der Waals surface area contributed by atoms with Gasteiger partial charge in [-0.05, 0) is 60.3 Å². The van der Waals surface area contributed by atoms with E-state index in [9.17, 15) is 0 Å². The summed E-state index contributed by atoms with van der Waals surface area (Å²) in [6.45, 7) is 2.10. The standard InChI is InChI=1S/C33H23N3/c1-22-15-16-34-30(17-22)24-9-6-10-27(18-24)36-32-12-5-4-11-28(32)29-14-13-25(20-33(29)36)31-19-23-7-2-3-8-26(23)21-35-31/h2-21H,1H3. The number of rotatable bonds is 3. The van der Waals surface area contributed by atoms with Crippen LogP contribution in [0, 0.1) is 6.92 Å². The van der Waals surface area contributed by atoms with Gasteiger partial charge >= 0.3 is 0 Å². The van der Waals surface area contributed by atoms with Crippen molar-refractivity contribution in [2.45, 2.75) is 6.92 Å². The van der Waals surface area contributed by atoms with Crippen LogP contribution in [-0.4, -0.2) is 14.5 Å². The smallest absolute Gasteiger partial charge is 0.0709 e. The van der Waals surface area contributed by atoms with Gasteiger partial charge in [0.05, 0.1) is 22.4 Å². The van der Waals surface area contributed by atoms with Crippen LogP contribution in [0.2, 0.25) is 0 Å². The van der Waals surface area contributed by atoms with Gasteiger partial charge in [-0.2, -0.15) is 0 Å².